The Morgan fingerprint density at radius 3 is 2.64 bits per heavy atom. The van der Waals surface area contributed by atoms with Gasteiger partial charge in [0.15, 0.2) is 6.61 Å². The first kappa shape index (κ1) is 16.1. The highest BCUT2D eigenvalue weighted by atomic mass is 19.4. The van der Waals surface area contributed by atoms with Gasteiger partial charge in [0.1, 0.15) is 11.9 Å². The summed E-state index contributed by atoms with van der Waals surface area (Å²) in [6.45, 7) is -0.518. The molecule has 0 saturated carbocycles. The number of nitrogens with zero attached hydrogens (tertiary/aromatic N) is 2. The van der Waals surface area contributed by atoms with Crippen molar-refractivity contribution < 1.29 is 22.6 Å². The van der Waals surface area contributed by atoms with Gasteiger partial charge in [-0.2, -0.15) is 18.2 Å². The van der Waals surface area contributed by atoms with Crippen LogP contribution < -0.4 is 15.4 Å². The minimum atomic E-state index is -4.43. The number of ether oxygens (including phenoxy) is 2. The monoisotopic (exact) mass is 352 g/mol. The fourth-order valence-corrected chi connectivity index (χ4v) is 2.78. The summed E-state index contributed by atoms with van der Waals surface area (Å²) in [5, 5.41) is 6.33. The number of nitrogens with one attached hydrogen (secondary N) is 2. The Morgan fingerprint density at radius 1 is 1.24 bits per heavy atom. The highest BCUT2D eigenvalue weighted by Gasteiger charge is 2.49. The van der Waals surface area contributed by atoms with Crippen LogP contribution in [0.4, 0.5) is 24.7 Å². The molecule has 3 atom stereocenters. The molecule has 2 N–H and O–H groups in total. The van der Waals surface area contributed by atoms with Gasteiger partial charge in [0.2, 0.25) is 0 Å². The van der Waals surface area contributed by atoms with Crippen LogP contribution in [0, 0.1) is 0 Å². The first-order chi connectivity index (χ1) is 12.0. The van der Waals surface area contributed by atoms with E-state index in [2.05, 4.69) is 25.3 Å². The fourth-order valence-electron chi connectivity index (χ4n) is 2.78. The second kappa shape index (κ2) is 6.16. The number of alkyl halides is 3. The number of fused-ring (bicyclic) bond motifs is 1. The van der Waals surface area contributed by atoms with Crippen LogP contribution in [0.25, 0.3) is 0 Å². The lowest BCUT2D eigenvalue weighted by Crippen LogP contribution is -2.69. The van der Waals surface area contributed by atoms with Crippen LogP contribution in [0.5, 0.6) is 6.01 Å². The van der Waals surface area contributed by atoms with Gasteiger partial charge in [-0.25, -0.2) is 4.98 Å². The average Bonchev–Trinajstić information content (AvgIpc) is 2.56. The zero-order valence-electron chi connectivity index (χ0n) is 13.0. The molecule has 1 aromatic carbocycles. The third-order valence-corrected chi connectivity index (χ3v) is 4.11. The SMILES string of the molecule is FC(F)(F)COc1nccc(Nc2ccc([C@@H]3O[C@H]4CNC43)cc2)n1. The zero-order valence-corrected chi connectivity index (χ0v) is 13.0. The number of halogens is 3. The Balaban J connectivity index is 1.38. The molecule has 3 heterocycles. The lowest BCUT2D eigenvalue weighted by molar-refractivity contribution is -0.203. The molecule has 2 aliphatic rings. The molecule has 0 aliphatic carbocycles. The van der Waals surface area contributed by atoms with Crippen molar-refractivity contribution in [3.05, 3.63) is 42.1 Å². The molecule has 1 aromatic heterocycles. The van der Waals surface area contributed by atoms with E-state index in [4.69, 9.17) is 4.74 Å². The quantitative estimate of drug-likeness (QED) is 0.862. The largest absolute Gasteiger partial charge is 0.454 e. The van der Waals surface area contributed by atoms with Gasteiger partial charge in [0.25, 0.3) is 0 Å². The number of anilines is 2. The number of hydrogen-bond donors (Lipinski definition) is 2. The van der Waals surface area contributed by atoms with Crippen LogP contribution in [-0.4, -0.2) is 41.4 Å². The van der Waals surface area contributed by atoms with Crippen molar-refractivity contribution in [2.45, 2.75) is 24.4 Å². The minimum absolute atomic E-state index is 0.0780. The predicted octanol–water partition coefficient (Wildman–Crippen LogP) is 2.57. The number of aromatic nitrogens is 2. The standard InChI is InChI=1S/C16H15F3N4O2/c17-16(18,19)8-24-15-20-6-5-12(23-15)22-10-3-1-9(2-4-10)14-13-11(25-14)7-21-13/h1-6,11,13-14,21H,7-8H2,(H,20,22,23)/t11-,13?,14-/m0/s1. The Bertz CT molecular complexity index is 754. The summed E-state index contributed by atoms with van der Waals surface area (Å²) in [5.74, 6) is 0.348. The van der Waals surface area contributed by atoms with Crippen LogP contribution in [-0.2, 0) is 4.74 Å². The molecule has 0 amide bonds. The van der Waals surface area contributed by atoms with E-state index in [0.29, 0.717) is 18.0 Å². The molecule has 25 heavy (non-hydrogen) atoms. The van der Waals surface area contributed by atoms with E-state index >= 15 is 0 Å². The minimum Gasteiger partial charge on any atom is -0.454 e. The van der Waals surface area contributed by atoms with Crippen LogP contribution in [0.15, 0.2) is 36.5 Å². The summed E-state index contributed by atoms with van der Waals surface area (Å²) in [6.07, 6.45) is -2.69. The highest BCUT2D eigenvalue weighted by molar-refractivity contribution is 5.56. The van der Waals surface area contributed by atoms with E-state index < -0.39 is 12.8 Å². The van der Waals surface area contributed by atoms with Crippen LogP contribution in [0.2, 0.25) is 0 Å². The van der Waals surface area contributed by atoms with E-state index in [1.54, 1.807) is 6.07 Å². The van der Waals surface area contributed by atoms with Crippen molar-refractivity contribution >= 4 is 11.5 Å². The van der Waals surface area contributed by atoms with Crippen molar-refractivity contribution in [2.75, 3.05) is 18.5 Å². The predicted molar refractivity (Wildman–Crippen MR) is 82.7 cm³/mol. The molecule has 0 radical (unpaired) electrons. The van der Waals surface area contributed by atoms with Gasteiger partial charge in [-0.3, -0.25) is 0 Å². The van der Waals surface area contributed by atoms with Gasteiger partial charge >= 0.3 is 12.2 Å². The van der Waals surface area contributed by atoms with Gasteiger partial charge in [-0.15, -0.1) is 0 Å². The lowest BCUT2D eigenvalue weighted by Gasteiger charge is -2.53. The van der Waals surface area contributed by atoms with Crippen molar-refractivity contribution in [3.63, 3.8) is 0 Å². The van der Waals surface area contributed by atoms with E-state index in [9.17, 15) is 13.2 Å². The van der Waals surface area contributed by atoms with Crippen molar-refractivity contribution in [3.8, 4) is 6.01 Å². The highest BCUT2D eigenvalue weighted by Crippen LogP contribution is 2.39. The molecule has 2 saturated heterocycles. The number of rotatable bonds is 5. The smallest absolute Gasteiger partial charge is 0.422 e. The number of benzene rings is 1. The summed E-state index contributed by atoms with van der Waals surface area (Å²) in [4.78, 5) is 7.57. The topological polar surface area (TPSA) is 68.3 Å². The van der Waals surface area contributed by atoms with E-state index in [0.717, 1.165) is 17.8 Å². The summed E-state index contributed by atoms with van der Waals surface area (Å²) >= 11 is 0. The van der Waals surface area contributed by atoms with E-state index in [1.807, 2.05) is 24.3 Å². The molecule has 2 aromatic rings. The van der Waals surface area contributed by atoms with Crippen molar-refractivity contribution in [1.82, 2.24) is 15.3 Å². The maximum Gasteiger partial charge on any atom is 0.422 e. The molecule has 4 rings (SSSR count). The van der Waals surface area contributed by atoms with Crippen LogP contribution in [0.3, 0.4) is 0 Å². The second-order valence-corrected chi connectivity index (χ2v) is 5.90. The van der Waals surface area contributed by atoms with E-state index in [-0.39, 0.29) is 12.1 Å². The maximum absolute atomic E-state index is 12.2. The second-order valence-electron chi connectivity index (χ2n) is 5.90. The Hall–Kier alpha value is -2.39. The third kappa shape index (κ3) is 3.52. The molecule has 2 fully saturated rings. The first-order valence-electron chi connectivity index (χ1n) is 7.76. The molecule has 0 bridgehead atoms. The molecule has 2 aliphatic heterocycles. The van der Waals surface area contributed by atoms with Gasteiger partial charge in [0.05, 0.1) is 12.1 Å². The average molecular weight is 352 g/mol. The molecular weight excluding hydrogens is 337 g/mol. The third-order valence-electron chi connectivity index (χ3n) is 4.11. The molecule has 1 unspecified atom stereocenters. The van der Waals surface area contributed by atoms with Crippen LogP contribution >= 0.6 is 0 Å². The number of hydrogen-bond acceptors (Lipinski definition) is 6. The van der Waals surface area contributed by atoms with Gasteiger partial charge in [-0.05, 0) is 23.8 Å². The van der Waals surface area contributed by atoms with Gasteiger partial charge in [0, 0.05) is 18.4 Å². The van der Waals surface area contributed by atoms with E-state index in [1.165, 1.54) is 6.20 Å². The maximum atomic E-state index is 12.2. The fraction of sp³-hybridized carbons (Fsp3) is 0.375. The normalized spacial score (nSPS) is 24.7. The first-order valence-corrected chi connectivity index (χ1v) is 7.76. The zero-order chi connectivity index (χ0) is 17.4. The molecule has 9 heteroatoms. The van der Waals surface area contributed by atoms with Crippen molar-refractivity contribution in [1.29, 1.82) is 0 Å². The molecule has 0 spiro atoms. The Morgan fingerprint density at radius 2 is 2.04 bits per heavy atom. The molecule has 132 valence electrons. The Kier molecular flexibility index (Phi) is 3.97. The summed E-state index contributed by atoms with van der Waals surface area (Å²) in [5.41, 5.74) is 1.83. The molecule has 6 nitrogen and oxygen atoms in total. The summed E-state index contributed by atoms with van der Waals surface area (Å²) in [7, 11) is 0. The van der Waals surface area contributed by atoms with Crippen molar-refractivity contribution in [2.24, 2.45) is 0 Å². The van der Waals surface area contributed by atoms with Gasteiger partial charge < -0.3 is 20.1 Å². The lowest BCUT2D eigenvalue weighted by atomic mass is 9.86. The Labute approximate surface area is 141 Å². The summed E-state index contributed by atoms with van der Waals surface area (Å²) < 4.78 is 46.8. The number of morpholine rings is 1. The summed E-state index contributed by atoms with van der Waals surface area (Å²) in [6, 6.07) is 9.24. The van der Waals surface area contributed by atoms with Crippen LogP contribution in [0.1, 0.15) is 11.7 Å². The van der Waals surface area contributed by atoms with Gasteiger partial charge in [-0.1, -0.05) is 12.1 Å². The molecular formula is C16H15F3N4O2.